The topological polar surface area (TPSA) is 55.8 Å². The van der Waals surface area contributed by atoms with E-state index in [1.165, 1.54) is 0 Å². The van der Waals surface area contributed by atoms with E-state index in [1.54, 1.807) is 7.11 Å². The predicted molar refractivity (Wildman–Crippen MR) is 136 cm³/mol. The number of rotatable bonds is 6. The minimum atomic E-state index is -3.30. The van der Waals surface area contributed by atoms with Crippen molar-refractivity contribution in [3.8, 4) is 5.75 Å². The molecular weight excluding hydrogens is 445 g/mol. The molecule has 1 aliphatic rings. The molecule has 5 nitrogen and oxygen atoms in total. The van der Waals surface area contributed by atoms with Crippen LogP contribution in [0, 0.1) is 0 Å². The molecule has 4 rings (SSSR count). The summed E-state index contributed by atoms with van der Waals surface area (Å²) in [6.07, 6.45) is 1.85. The van der Waals surface area contributed by atoms with Gasteiger partial charge >= 0.3 is 5.97 Å². The maximum absolute atomic E-state index is 15.1. The number of esters is 1. The number of nitrogens with zero attached hydrogens (tertiary/aromatic N) is 1. The number of benzene rings is 3. The van der Waals surface area contributed by atoms with Crippen LogP contribution in [-0.2, 0) is 14.1 Å². The molecule has 0 radical (unpaired) electrons. The van der Waals surface area contributed by atoms with E-state index in [0.29, 0.717) is 17.9 Å². The SMILES string of the molecule is COc1ccc([C@@H]2C(C(=O)OC(C)(C)C)=CCN2P(=O)(c2ccccc2)c2ccccc2)cc1. The molecular formula is C28H30NO4P. The molecule has 0 aromatic heterocycles. The first-order chi connectivity index (χ1) is 16.2. The fraction of sp³-hybridized carbons (Fsp3) is 0.250. The lowest BCUT2D eigenvalue weighted by Crippen LogP contribution is -2.35. The Bertz CT molecular complexity index is 1170. The number of hydrogen-bond acceptors (Lipinski definition) is 4. The summed E-state index contributed by atoms with van der Waals surface area (Å²) in [6, 6.07) is 26.0. The van der Waals surface area contributed by atoms with Crippen LogP contribution < -0.4 is 15.3 Å². The zero-order valence-corrected chi connectivity index (χ0v) is 20.9. The quantitative estimate of drug-likeness (QED) is 0.360. The molecule has 0 N–H and O–H groups in total. The monoisotopic (exact) mass is 475 g/mol. The van der Waals surface area contributed by atoms with Crippen LogP contribution >= 0.6 is 7.29 Å². The summed E-state index contributed by atoms with van der Waals surface area (Å²) in [5.41, 5.74) is 0.702. The van der Waals surface area contributed by atoms with Crippen LogP contribution in [0.5, 0.6) is 5.75 Å². The first-order valence-electron chi connectivity index (χ1n) is 11.3. The number of hydrogen-bond donors (Lipinski definition) is 0. The van der Waals surface area contributed by atoms with Gasteiger partial charge in [0.2, 0.25) is 7.29 Å². The van der Waals surface area contributed by atoms with Gasteiger partial charge in [0, 0.05) is 17.2 Å². The number of carbonyl (C=O) groups excluding carboxylic acids is 1. The Balaban J connectivity index is 1.87. The van der Waals surface area contributed by atoms with Gasteiger partial charge in [0.25, 0.3) is 0 Å². The Morgan fingerprint density at radius 2 is 1.41 bits per heavy atom. The molecule has 1 aliphatic heterocycles. The molecule has 1 atom stereocenters. The van der Waals surface area contributed by atoms with Gasteiger partial charge < -0.3 is 9.47 Å². The second-order valence-electron chi connectivity index (χ2n) is 9.21. The first kappa shape index (κ1) is 24.0. The Labute approximate surface area is 201 Å². The van der Waals surface area contributed by atoms with Crippen molar-refractivity contribution in [2.45, 2.75) is 32.4 Å². The van der Waals surface area contributed by atoms with Gasteiger partial charge in [-0.1, -0.05) is 54.6 Å². The molecule has 1 heterocycles. The third-order valence-electron chi connectivity index (χ3n) is 5.73. The zero-order valence-electron chi connectivity index (χ0n) is 20.0. The number of ether oxygens (including phenoxy) is 2. The Kier molecular flexibility index (Phi) is 6.79. The fourth-order valence-corrected chi connectivity index (χ4v) is 7.16. The van der Waals surface area contributed by atoms with Crippen molar-refractivity contribution in [3.63, 3.8) is 0 Å². The van der Waals surface area contributed by atoms with Gasteiger partial charge in [0.1, 0.15) is 11.4 Å². The van der Waals surface area contributed by atoms with Crippen LogP contribution in [-0.4, -0.2) is 29.9 Å². The van der Waals surface area contributed by atoms with Gasteiger partial charge in [0.15, 0.2) is 0 Å². The molecule has 0 bridgehead atoms. The molecule has 3 aromatic rings. The lowest BCUT2D eigenvalue weighted by atomic mass is 10.0. The van der Waals surface area contributed by atoms with Crippen molar-refractivity contribution in [2.24, 2.45) is 0 Å². The van der Waals surface area contributed by atoms with Crippen LogP contribution in [0.15, 0.2) is 96.6 Å². The molecule has 0 saturated heterocycles. The summed E-state index contributed by atoms with van der Waals surface area (Å²) in [5, 5.41) is 1.44. The van der Waals surface area contributed by atoms with Crippen LogP contribution in [0.1, 0.15) is 32.4 Å². The van der Waals surface area contributed by atoms with Gasteiger partial charge in [0.05, 0.1) is 18.7 Å². The summed E-state index contributed by atoms with van der Waals surface area (Å²) in [4.78, 5) is 13.3. The normalized spacial score (nSPS) is 16.7. The van der Waals surface area contributed by atoms with E-state index >= 15 is 4.57 Å². The zero-order chi connectivity index (χ0) is 24.3. The average Bonchev–Trinajstić information content (AvgIpc) is 3.29. The summed E-state index contributed by atoms with van der Waals surface area (Å²) in [5.74, 6) is 0.314. The largest absolute Gasteiger partial charge is 0.497 e. The minimum absolute atomic E-state index is 0.354. The molecule has 0 amide bonds. The van der Waals surface area contributed by atoms with Crippen molar-refractivity contribution < 1.29 is 18.8 Å². The molecule has 176 valence electrons. The lowest BCUT2D eigenvalue weighted by Gasteiger charge is -2.35. The van der Waals surface area contributed by atoms with E-state index < -0.39 is 24.9 Å². The van der Waals surface area contributed by atoms with E-state index in [9.17, 15) is 4.79 Å². The average molecular weight is 476 g/mol. The Morgan fingerprint density at radius 1 is 0.882 bits per heavy atom. The maximum atomic E-state index is 15.1. The Hall–Kier alpha value is -3.14. The third-order valence-corrected chi connectivity index (χ3v) is 8.85. The lowest BCUT2D eigenvalue weighted by molar-refractivity contribution is -0.150. The van der Waals surface area contributed by atoms with Crippen LogP contribution in [0.4, 0.5) is 0 Å². The summed E-state index contributed by atoms with van der Waals surface area (Å²) in [6.45, 7) is 5.89. The van der Waals surface area contributed by atoms with E-state index in [0.717, 1.165) is 16.2 Å². The number of carbonyl (C=O) groups is 1. The van der Waals surface area contributed by atoms with Crippen molar-refractivity contribution in [2.75, 3.05) is 13.7 Å². The fourth-order valence-electron chi connectivity index (χ4n) is 4.22. The second-order valence-corrected chi connectivity index (χ2v) is 11.9. The first-order valence-corrected chi connectivity index (χ1v) is 13.0. The third kappa shape index (κ3) is 4.72. The highest BCUT2D eigenvalue weighted by molar-refractivity contribution is 7.76. The van der Waals surface area contributed by atoms with E-state index in [-0.39, 0.29) is 0 Å². The van der Waals surface area contributed by atoms with Gasteiger partial charge in [-0.25, -0.2) is 9.46 Å². The van der Waals surface area contributed by atoms with Crippen molar-refractivity contribution in [1.29, 1.82) is 0 Å². The maximum Gasteiger partial charge on any atom is 0.336 e. The Morgan fingerprint density at radius 3 is 1.88 bits per heavy atom. The standard InChI is InChI=1S/C28H30NO4P/c1-28(2,3)33-27(30)25-19-20-29(26(25)21-15-17-22(32-4)18-16-21)34(31,23-11-7-5-8-12-23)24-13-9-6-10-14-24/h5-19,26H,20H2,1-4H3/t26-/m1/s1. The van der Waals surface area contributed by atoms with Crippen LogP contribution in [0.25, 0.3) is 0 Å². The molecule has 0 fully saturated rings. The summed E-state index contributed by atoms with van der Waals surface area (Å²) >= 11 is 0. The smallest absolute Gasteiger partial charge is 0.336 e. The molecule has 6 heteroatoms. The second kappa shape index (κ2) is 9.61. The predicted octanol–water partition coefficient (Wildman–Crippen LogP) is 5.25. The van der Waals surface area contributed by atoms with Crippen molar-refractivity contribution >= 4 is 23.9 Å². The van der Waals surface area contributed by atoms with Gasteiger partial charge in [-0.05, 0) is 62.7 Å². The highest BCUT2D eigenvalue weighted by atomic mass is 31.2. The highest BCUT2D eigenvalue weighted by Gasteiger charge is 2.45. The minimum Gasteiger partial charge on any atom is -0.497 e. The molecule has 0 spiro atoms. The highest BCUT2D eigenvalue weighted by Crippen LogP contribution is 2.56. The van der Waals surface area contributed by atoms with Gasteiger partial charge in [-0.2, -0.15) is 0 Å². The molecule has 3 aromatic carbocycles. The van der Waals surface area contributed by atoms with Crippen LogP contribution in [0.2, 0.25) is 0 Å². The van der Waals surface area contributed by atoms with E-state index in [1.807, 2.05) is 116 Å². The van der Waals surface area contributed by atoms with Gasteiger partial charge in [-0.3, -0.25) is 4.57 Å². The summed E-state index contributed by atoms with van der Waals surface area (Å²) < 4.78 is 28.1. The van der Waals surface area contributed by atoms with Gasteiger partial charge in [-0.15, -0.1) is 0 Å². The molecule has 0 saturated carbocycles. The van der Waals surface area contributed by atoms with Crippen molar-refractivity contribution in [1.82, 2.24) is 4.67 Å². The number of methoxy groups -OCH3 is 1. The van der Waals surface area contributed by atoms with E-state index in [2.05, 4.69) is 0 Å². The molecule has 34 heavy (non-hydrogen) atoms. The summed E-state index contributed by atoms with van der Waals surface area (Å²) in [7, 11) is -1.69. The molecule has 0 aliphatic carbocycles. The van der Waals surface area contributed by atoms with E-state index in [4.69, 9.17) is 9.47 Å². The van der Waals surface area contributed by atoms with Crippen LogP contribution in [0.3, 0.4) is 0 Å². The van der Waals surface area contributed by atoms with Crippen molar-refractivity contribution in [3.05, 3.63) is 102 Å². The molecule has 0 unspecified atom stereocenters.